The molecule has 0 aromatic heterocycles. The van der Waals surface area contributed by atoms with E-state index in [1.165, 1.54) is 7.11 Å². The van der Waals surface area contributed by atoms with Crippen LogP contribution in [0.1, 0.15) is 23.6 Å². The normalized spacial score (nSPS) is 13.3. The topological polar surface area (TPSA) is 85.9 Å². The summed E-state index contributed by atoms with van der Waals surface area (Å²) in [7, 11) is 1.30. The minimum absolute atomic E-state index is 0.0180. The molecule has 0 aliphatic carbocycles. The largest absolute Gasteiger partial charge is 0.486 e. The van der Waals surface area contributed by atoms with Crippen molar-refractivity contribution in [2.24, 2.45) is 0 Å². The maximum absolute atomic E-state index is 12.4. The number of urea groups is 1. The van der Waals surface area contributed by atoms with Crippen molar-refractivity contribution in [2.75, 3.05) is 26.9 Å². The van der Waals surface area contributed by atoms with Crippen LogP contribution in [0.25, 0.3) is 0 Å². The Bertz CT molecular complexity index is 874. The molecule has 8 heteroatoms. The van der Waals surface area contributed by atoms with E-state index in [0.29, 0.717) is 36.8 Å². The van der Waals surface area contributed by atoms with Crippen molar-refractivity contribution < 1.29 is 23.8 Å². The molecule has 0 fully saturated rings. The SMILES string of the molecule is COC(=O)C[C@@H](NC(=O)NCCc1ccc2c(c1)OCCO2)c1ccccc1Cl. The van der Waals surface area contributed by atoms with E-state index in [4.69, 9.17) is 25.8 Å². The number of amides is 2. The van der Waals surface area contributed by atoms with Crippen LogP contribution >= 0.6 is 11.6 Å². The number of carbonyl (C=O) groups excluding carboxylic acids is 2. The molecule has 0 spiro atoms. The highest BCUT2D eigenvalue weighted by molar-refractivity contribution is 6.31. The summed E-state index contributed by atoms with van der Waals surface area (Å²) in [5.41, 5.74) is 1.67. The number of nitrogens with one attached hydrogen (secondary N) is 2. The van der Waals surface area contributed by atoms with Crippen LogP contribution in [0.4, 0.5) is 4.79 Å². The lowest BCUT2D eigenvalue weighted by molar-refractivity contribution is -0.141. The maximum atomic E-state index is 12.4. The summed E-state index contributed by atoms with van der Waals surface area (Å²) in [6.07, 6.45) is 0.605. The number of halogens is 1. The van der Waals surface area contributed by atoms with Gasteiger partial charge in [0.15, 0.2) is 11.5 Å². The zero-order valence-corrected chi connectivity index (χ0v) is 16.8. The van der Waals surface area contributed by atoms with E-state index in [2.05, 4.69) is 10.6 Å². The van der Waals surface area contributed by atoms with Gasteiger partial charge in [-0.1, -0.05) is 35.9 Å². The minimum atomic E-state index is -0.592. The summed E-state index contributed by atoms with van der Waals surface area (Å²) in [5.74, 6) is 1.01. The number of hydrogen-bond donors (Lipinski definition) is 2. The molecule has 0 saturated heterocycles. The van der Waals surface area contributed by atoms with Crippen molar-refractivity contribution in [2.45, 2.75) is 18.9 Å². The molecular formula is C21H23ClN2O5. The van der Waals surface area contributed by atoms with Gasteiger partial charge in [0.1, 0.15) is 13.2 Å². The second kappa shape index (κ2) is 10.0. The van der Waals surface area contributed by atoms with Crippen molar-refractivity contribution in [3.8, 4) is 11.5 Å². The highest BCUT2D eigenvalue weighted by Gasteiger charge is 2.21. The van der Waals surface area contributed by atoms with Crippen molar-refractivity contribution in [1.29, 1.82) is 0 Å². The fraction of sp³-hybridized carbons (Fsp3) is 0.333. The third-order valence-corrected chi connectivity index (χ3v) is 4.83. The number of methoxy groups -OCH3 is 1. The lowest BCUT2D eigenvalue weighted by Crippen LogP contribution is -2.39. The lowest BCUT2D eigenvalue weighted by Gasteiger charge is -2.20. The summed E-state index contributed by atoms with van der Waals surface area (Å²) >= 11 is 6.23. The van der Waals surface area contributed by atoms with Crippen LogP contribution in [-0.2, 0) is 16.0 Å². The molecule has 1 aliphatic rings. The molecule has 7 nitrogen and oxygen atoms in total. The van der Waals surface area contributed by atoms with Crippen LogP contribution in [0.2, 0.25) is 5.02 Å². The number of benzene rings is 2. The second-order valence-electron chi connectivity index (χ2n) is 6.48. The summed E-state index contributed by atoms with van der Waals surface area (Å²) in [6, 6.07) is 11.8. The van der Waals surface area contributed by atoms with Gasteiger partial charge in [0.05, 0.1) is 19.6 Å². The van der Waals surface area contributed by atoms with Gasteiger partial charge in [0, 0.05) is 11.6 Å². The van der Waals surface area contributed by atoms with Crippen molar-refractivity contribution in [3.05, 3.63) is 58.6 Å². The summed E-state index contributed by atoms with van der Waals surface area (Å²) in [5, 5.41) is 6.07. The Kier molecular flexibility index (Phi) is 7.19. The third-order valence-electron chi connectivity index (χ3n) is 4.49. The van der Waals surface area contributed by atoms with E-state index >= 15 is 0 Å². The second-order valence-corrected chi connectivity index (χ2v) is 6.89. The van der Waals surface area contributed by atoms with Crippen LogP contribution in [0, 0.1) is 0 Å². The molecule has 0 bridgehead atoms. The van der Waals surface area contributed by atoms with Crippen LogP contribution in [0.5, 0.6) is 11.5 Å². The Morgan fingerprint density at radius 3 is 2.66 bits per heavy atom. The first kappa shape index (κ1) is 20.8. The molecular weight excluding hydrogens is 396 g/mol. The quantitative estimate of drug-likeness (QED) is 0.674. The molecule has 2 amide bonds. The molecule has 29 heavy (non-hydrogen) atoms. The molecule has 0 saturated carbocycles. The summed E-state index contributed by atoms with van der Waals surface area (Å²) < 4.78 is 15.8. The van der Waals surface area contributed by atoms with E-state index < -0.39 is 18.0 Å². The van der Waals surface area contributed by atoms with E-state index in [0.717, 1.165) is 17.1 Å². The van der Waals surface area contributed by atoms with Gasteiger partial charge < -0.3 is 24.8 Å². The Morgan fingerprint density at radius 1 is 1.14 bits per heavy atom. The Balaban J connectivity index is 1.56. The molecule has 2 N–H and O–H groups in total. The first-order valence-electron chi connectivity index (χ1n) is 9.31. The minimum Gasteiger partial charge on any atom is -0.486 e. The Labute approximate surface area is 174 Å². The summed E-state index contributed by atoms with van der Waals surface area (Å²) in [6.45, 7) is 1.49. The molecule has 154 valence electrons. The number of esters is 1. The van der Waals surface area contributed by atoms with Gasteiger partial charge in [-0.15, -0.1) is 0 Å². The first-order chi connectivity index (χ1) is 14.1. The average Bonchev–Trinajstić information content (AvgIpc) is 2.73. The molecule has 1 aliphatic heterocycles. The van der Waals surface area contributed by atoms with Gasteiger partial charge >= 0.3 is 12.0 Å². The van der Waals surface area contributed by atoms with Gasteiger partial charge in [-0.25, -0.2) is 4.79 Å². The van der Waals surface area contributed by atoms with E-state index in [-0.39, 0.29) is 6.42 Å². The van der Waals surface area contributed by atoms with Gasteiger partial charge in [-0.2, -0.15) is 0 Å². The zero-order chi connectivity index (χ0) is 20.6. The highest BCUT2D eigenvalue weighted by atomic mass is 35.5. The highest BCUT2D eigenvalue weighted by Crippen LogP contribution is 2.30. The van der Waals surface area contributed by atoms with Crippen molar-refractivity contribution in [1.82, 2.24) is 10.6 Å². The monoisotopic (exact) mass is 418 g/mol. The average molecular weight is 419 g/mol. The standard InChI is InChI=1S/C21H23ClN2O5/c1-27-20(25)13-17(15-4-2-3-5-16(15)22)24-21(26)23-9-8-14-6-7-18-19(12-14)29-11-10-28-18/h2-7,12,17H,8-11,13H2,1H3,(H2,23,24,26)/t17-/m1/s1. The fourth-order valence-corrected chi connectivity index (χ4v) is 3.29. The first-order valence-corrected chi connectivity index (χ1v) is 9.68. The van der Waals surface area contributed by atoms with Gasteiger partial charge in [-0.3, -0.25) is 4.79 Å². The van der Waals surface area contributed by atoms with Crippen LogP contribution < -0.4 is 20.1 Å². The molecule has 1 heterocycles. The molecule has 1 atom stereocenters. The van der Waals surface area contributed by atoms with Gasteiger partial charge in [0.2, 0.25) is 0 Å². The van der Waals surface area contributed by atoms with Gasteiger partial charge in [-0.05, 0) is 35.7 Å². The number of carbonyl (C=O) groups is 2. The Hall–Kier alpha value is -2.93. The van der Waals surface area contributed by atoms with Gasteiger partial charge in [0.25, 0.3) is 0 Å². The van der Waals surface area contributed by atoms with E-state index in [1.807, 2.05) is 18.2 Å². The van der Waals surface area contributed by atoms with Crippen LogP contribution in [-0.4, -0.2) is 38.9 Å². The smallest absolute Gasteiger partial charge is 0.315 e. The number of ether oxygens (including phenoxy) is 3. The molecule has 2 aromatic carbocycles. The van der Waals surface area contributed by atoms with Crippen LogP contribution in [0.15, 0.2) is 42.5 Å². The predicted octanol–water partition coefficient (Wildman–Crippen LogP) is 3.26. The fourth-order valence-electron chi connectivity index (χ4n) is 3.02. The molecule has 0 unspecified atom stereocenters. The maximum Gasteiger partial charge on any atom is 0.315 e. The molecule has 0 radical (unpaired) electrons. The molecule has 3 rings (SSSR count). The van der Waals surface area contributed by atoms with Crippen LogP contribution in [0.3, 0.4) is 0 Å². The zero-order valence-electron chi connectivity index (χ0n) is 16.1. The number of hydrogen-bond acceptors (Lipinski definition) is 5. The molecule has 2 aromatic rings. The van der Waals surface area contributed by atoms with Crippen molar-refractivity contribution >= 4 is 23.6 Å². The predicted molar refractivity (Wildman–Crippen MR) is 108 cm³/mol. The lowest BCUT2D eigenvalue weighted by atomic mass is 10.0. The Morgan fingerprint density at radius 2 is 1.90 bits per heavy atom. The number of fused-ring (bicyclic) bond motifs is 1. The summed E-state index contributed by atoms with van der Waals surface area (Å²) in [4.78, 5) is 24.1. The third kappa shape index (κ3) is 5.77. The number of rotatable bonds is 7. The van der Waals surface area contributed by atoms with E-state index in [1.54, 1.807) is 24.3 Å². The van der Waals surface area contributed by atoms with Crippen molar-refractivity contribution in [3.63, 3.8) is 0 Å². The van der Waals surface area contributed by atoms with E-state index in [9.17, 15) is 9.59 Å².